The van der Waals surface area contributed by atoms with Crippen LogP contribution < -0.4 is 20.7 Å². The minimum Gasteiger partial charge on any atom is -0.497 e. The Kier molecular flexibility index (Phi) is 6.08. The van der Waals surface area contributed by atoms with Crippen LogP contribution >= 0.6 is 0 Å². The van der Waals surface area contributed by atoms with Gasteiger partial charge in [-0.1, -0.05) is 6.92 Å². The summed E-state index contributed by atoms with van der Waals surface area (Å²) in [7, 11) is 3.20. The fourth-order valence-corrected chi connectivity index (χ4v) is 5.06. The summed E-state index contributed by atoms with van der Waals surface area (Å²) >= 11 is 0. The summed E-state index contributed by atoms with van der Waals surface area (Å²) in [6.07, 6.45) is 4.29. The van der Waals surface area contributed by atoms with Gasteiger partial charge in [-0.25, -0.2) is 9.78 Å². The lowest BCUT2D eigenvalue weighted by atomic mass is 10.0. The fourth-order valence-electron chi connectivity index (χ4n) is 5.06. The third kappa shape index (κ3) is 4.09. The number of rotatable bonds is 7. The molecule has 35 heavy (non-hydrogen) atoms. The van der Waals surface area contributed by atoms with Crippen LogP contribution in [-0.2, 0) is 6.54 Å². The fraction of sp³-hybridized carbons (Fsp3) is 0.462. The summed E-state index contributed by atoms with van der Waals surface area (Å²) in [6, 6.07) is 7.17. The van der Waals surface area contributed by atoms with Crippen molar-refractivity contribution in [2.75, 3.05) is 20.8 Å². The summed E-state index contributed by atoms with van der Waals surface area (Å²) < 4.78 is 12.4. The number of methoxy groups -OCH3 is 2. The highest BCUT2D eigenvalue weighted by molar-refractivity contribution is 6.05. The van der Waals surface area contributed by atoms with Gasteiger partial charge in [0.25, 0.3) is 11.5 Å². The molecule has 3 aromatic rings. The number of pyridine rings is 1. The van der Waals surface area contributed by atoms with E-state index in [0.29, 0.717) is 42.2 Å². The van der Waals surface area contributed by atoms with E-state index in [4.69, 9.17) is 14.5 Å². The molecule has 1 atom stereocenters. The number of H-pyrrole nitrogens is 1. The molecule has 9 nitrogen and oxygen atoms in total. The molecule has 1 saturated carbocycles. The average molecular weight is 479 g/mol. The highest BCUT2D eigenvalue weighted by Gasteiger charge is 2.35. The Balaban J connectivity index is 1.65. The number of nitrogens with one attached hydrogen (secondary N) is 1. The number of aromatic amines is 1. The lowest BCUT2D eigenvalue weighted by Gasteiger charge is -2.27. The first-order valence-corrected chi connectivity index (χ1v) is 12.2. The molecular weight excluding hydrogens is 448 g/mol. The molecule has 2 aromatic heterocycles. The van der Waals surface area contributed by atoms with Crippen molar-refractivity contribution in [2.24, 2.45) is 0 Å². The first kappa shape index (κ1) is 23.1. The van der Waals surface area contributed by atoms with Gasteiger partial charge >= 0.3 is 5.69 Å². The number of aromatic nitrogens is 3. The maximum absolute atomic E-state index is 14.1. The molecule has 3 heterocycles. The number of fused-ring (bicyclic) bond motifs is 1. The van der Waals surface area contributed by atoms with Crippen molar-refractivity contribution in [3.63, 3.8) is 0 Å². The molecule has 2 aliphatic rings. The number of likely N-dealkylation sites (tertiary alicyclic amines) is 1. The molecule has 1 aromatic carbocycles. The highest BCUT2D eigenvalue weighted by atomic mass is 16.5. The lowest BCUT2D eigenvalue weighted by molar-refractivity contribution is 0.0736. The zero-order valence-corrected chi connectivity index (χ0v) is 20.3. The van der Waals surface area contributed by atoms with Crippen LogP contribution in [0.2, 0.25) is 0 Å². The average Bonchev–Trinajstić information content (AvgIpc) is 3.61. The second-order valence-electron chi connectivity index (χ2n) is 9.24. The van der Waals surface area contributed by atoms with Crippen LogP contribution in [0.15, 0.2) is 33.9 Å². The van der Waals surface area contributed by atoms with Gasteiger partial charge in [-0.3, -0.25) is 19.1 Å². The van der Waals surface area contributed by atoms with Gasteiger partial charge in [0.15, 0.2) is 5.65 Å². The van der Waals surface area contributed by atoms with E-state index >= 15 is 0 Å². The maximum atomic E-state index is 14.1. The first-order chi connectivity index (χ1) is 17.0. The number of nitrogens with zero attached hydrogens (tertiary/aromatic N) is 3. The molecule has 1 unspecified atom stereocenters. The van der Waals surface area contributed by atoms with Crippen molar-refractivity contribution in [3.8, 4) is 11.5 Å². The maximum Gasteiger partial charge on any atom is 0.329 e. The number of aryl methyl sites for hydroxylation is 1. The zero-order chi connectivity index (χ0) is 24.7. The van der Waals surface area contributed by atoms with Crippen LogP contribution in [0, 0.1) is 0 Å². The second-order valence-corrected chi connectivity index (χ2v) is 9.24. The number of carbonyl (C=O) groups excluding carboxylic acids is 1. The Morgan fingerprint density at radius 3 is 2.63 bits per heavy atom. The number of carbonyl (C=O) groups is 1. The van der Waals surface area contributed by atoms with Gasteiger partial charge in [0, 0.05) is 36.3 Å². The van der Waals surface area contributed by atoms with E-state index in [1.807, 2.05) is 30.0 Å². The molecule has 2 fully saturated rings. The van der Waals surface area contributed by atoms with Crippen LogP contribution in [-0.4, -0.2) is 46.1 Å². The minimum atomic E-state index is -0.576. The Morgan fingerprint density at radius 1 is 1.14 bits per heavy atom. The predicted molar refractivity (Wildman–Crippen MR) is 131 cm³/mol. The molecule has 1 amide bonds. The highest BCUT2D eigenvalue weighted by Crippen LogP contribution is 2.42. The molecule has 0 spiro atoms. The van der Waals surface area contributed by atoms with E-state index in [-0.39, 0.29) is 23.3 Å². The molecule has 5 rings (SSSR count). The predicted octanol–water partition coefficient (Wildman–Crippen LogP) is 3.37. The van der Waals surface area contributed by atoms with Crippen LogP contribution in [0.25, 0.3) is 11.0 Å². The Labute approximate surface area is 202 Å². The summed E-state index contributed by atoms with van der Waals surface area (Å²) in [4.78, 5) is 48.6. The van der Waals surface area contributed by atoms with E-state index in [1.54, 1.807) is 20.3 Å². The van der Waals surface area contributed by atoms with Crippen molar-refractivity contribution in [1.29, 1.82) is 0 Å². The Morgan fingerprint density at radius 2 is 1.94 bits per heavy atom. The Bertz CT molecular complexity index is 1410. The number of amides is 1. The van der Waals surface area contributed by atoms with E-state index < -0.39 is 11.2 Å². The van der Waals surface area contributed by atoms with Gasteiger partial charge < -0.3 is 14.4 Å². The van der Waals surface area contributed by atoms with Crippen molar-refractivity contribution in [1.82, 2.24) is 19.4 Å². The van der Waals surface area contributed by atoms with Crippen LogP contribution in [0.5, 0.6) is 11.5 Å². The smallest absolute Gasteiger partial charge is 0.329 e. The molecule has 9 heteroatoms. The zero-order valence-electron chi connectivity index (χ0n) is 20.3. The van der Waals surface area contributed by atoms with Gasteiger partial charge in [0.05, 0.1) is 31.2 Å². The van der Waals surface area contributed by atoms with Crippen molar-refractivity contribution < 1.29 is 14.3 Å². The standard InChI is InChI=1S/C26H30N4O5/c1-4-11-30-23-22(24(31)28-26(30)33)18(14-19(27-23)15-7-8-15)25(32)29-12-5-6-20(29)17-10-9-16(34-2)13-21(17)35-3/h9-10,13-15,20H,4-8,11-12H2,1-3H3,(H,28,31,33). The normalized spacial score (nSPS) is 17.7. The molecule has 184 valence electrons. The lowest BCUT2D eigenvalue weighted by Crippen LogP contribution is -2.35. The molecule has 0 radical (unpaired) electrons. The number of benzene rings is 1. The summed E-state index contributed by atoms with van der Waals surface area (Å²) in [6.45, 7) is 2.93. The Hall–Kier alpha value is -3.62. The van der Waals surface area contributed by atoms with Crippen molar-refractivity contribution in [2.45, 2.75) is 57.5 Å². The second kappa shape index (κ2) is 9.20. The molecular formula is C26H30N4O5. The van der Waals surface area contributed by atoms with Crippen LogP contribution in [0.4, 0.5) is 0 Å². The third-order valence-electron chi connectivity index (χ3n) is 6.96. The molecule has 1 aliphatic carbocycles. The largest absolute Gasteiger partial charge is 0.497 e. The third-order valence-corrected chi connectivity index (χ3v) is 6.96. The van der Waals surface area contributed by atoms with Gasteiger partial charge in [-0.05, 0) is 50.3 Å². The van der Waals surface area contributed by atoms with Crippen molar-refractivity contribution in [3.05, 3.63) is 61.9 Å². The topological polar surface area (TPSA) is 107 Å². The van der Waals surface area contributed by atoms with Crippen LogP contribution in [0.1, 0.15) is 72.6 Å². The van der Waals surface area contributed by atoms with E-state index in [9.17, 15) is 14.4 Å². The summed E-state index contributed by atoms with van der Waals surface area (Å²) in [5, 5.41) is 0.180. The molecule has 0 bridgehead atoms. The SMILES string of the molecule is CCCn1c(=O)[nH]c(=O)c2c(C(=O)N3CCCC3c3ccc(OC)cc3OC)cc(C3CC3)nc21. The minimum absolute atomic E-state index is 0.180. The van der Waals surface area contributed by atoms with Gasteiger partial charge in [-0.15, -0.1) is 0 Å². The van der Waals surface area contributed by atoms with Gasteiger partial charge in [0.1, 0.15) is 11.5 Å². The first-order valence-electron chi connectivity index (χ1n) is 12.2. The number of hydrogen-bond acceptors (Lipinski definition) is 6. The summed E-state index contributed by atoms with van der Waals surface area (Å²) in [5.74, 6) is 1.36. The quantitative estimate of drug-likeness (QED) is 0.558. The molecule has 1 saturated heterocycles. The number of ether oxygens (including phenoxy) is 2. The number of hydrogen-bond donors (Lipinski definition) is 1. The van der Waals surface area contributed by atoms with E-state index in [2.05, 4.69) is 4.98 Å². The van der Waals surface area contributed by atoms with E-state index in [1.165, 1.54) is 4.57 Å². The van der Waals surface area contributed by atoms with Gasteiger partial charge in [-0.2, -0.15) is 0 Å². The summed E-state index contributed by atoms with van der Waals surface area (Å²) in [5.41, 5.74) is 1.21. The van der Waals surface area contributed by atoms with Crippen LogP contribution in [0.3, 0.4) is 0 Å². The molecule has 1 N–H and O–H groups in total. The van der Waals surface area contributed by atoms with Gasteiger partial charge in [0.2, 0.25) is 0 Å². The van der Waals surface area contributed by atoms with Crippen molar-refractivity contribution >= 4 is 16.9 Å². The molecule has 1 aliphatic heterocycles. The monoisotopic (exact) mass is 478 g/mol. The van der Waals surface area contributed by atoms with E-state index in [0.717, 1.165) is 36.9 Å².